The van der Waals surface area contributed by atoms with Crippen molar-refractivity contribution in [2.75, 3.05) is 13.2 Å². The fourth-order valence-corrected chi connectivity index (χ4v) is 3.00. The summed E-state index contributed by atoms with van der Waals surface area (Å²) in [4.78, 5) is 0. The first-order valence-electron chi connectivity index (χ1n) is 7.39. The third kappa shape index (κ3) is 5.47. The minimum Gasteiger partial charge on any atom is -0.394 e. The van der Waals surface area contributed by atoms with E-state index in [9.17, 15) is 15.3 Å². The molecule has 5 unspecified atom stereocenters. The summed E-state index contributed by atoms with van der Waals surface area (Å²) in [6.45, 7) is 10.4. The minimum absolute atomic E-state index is 0.128. The van der Waals surface area contributed by atoms with Gasteiger partial charge in [0.15, 0.2) is 6.29 Å². The fraction of sp³-hybridized carbons (Fsp3) is 1.00. The number of ether oxygens (including phenoxy) is 2. The largest absolute Gasteiger partial charge is 0.394 e. The maximum Gasteiger partial charge on any atom is 0.186 e. The summed E-state index contributed by atoms with van der Waals surface area (Å²) in [7, 11) is 0. The highest BCUT2D eigenvalue weighted by Crippen LogP contribution is 2.34. The molecule has 21 heavy (non-hydrogen) atoms. The number of hydrogen-bond donors (Lipinski definition) is 4. The van der Waals surface area contributed by atoms with E-state index in [1.165, 1.54) is 0 Å². The second kappa shape index (κ2) is 6.89. The van der Waals surface area contributed by atoms with E-state index in [1.54, 1.807) is 0 Å². The van der Waals surface area contributed by atoms with Crippen molar-refractivity contribution in [2.45, 2.75) is 71.7 Å². The van der Waals surface area contributed by atoms with Crippen LogP contribution < -0.4 is 0 Å². The molecule has 0 bridgehead atoms. The van der Waals surface area contributed by atoms with Gasteiger partial charge in [0.1, 0.15) is 24.4 Å². The third-order valence-electron chi connectivity index (χ3n) is 3.50. The Hall–Kier alpha value is -0.240. The van der Waals surface area contributed by atoms with Crippen molar-refractivity contribution in [3.05, 3.63) is 0 Å². The van der Waals surface area contributed by atoms with Crippen LogP contribution in [0.5, 0.6) is 0 Å². The van der Waals surface area contributed by atoms with Gasteiger partial charge in [-0.3, -0.25) is 0 Å². The molecule has 0 aromatic rings. The van der Waals surface area contributed by atoms with Gasteiger partial charge in [0.2, 0.25) is 0 Å². The lowest BCUT2D eigenvalue weighted by Gasteiger charge is -2.41. The van der Waals surface area contributed by atoms with Crippen molar-refractivity contribution in [2.24, 2.45) is 10.8 Å². The van der Waals surface area contributed by atoms with Gasteiger partial charge in [0.25, 0.3) is 0 Å². The Kier molecular flexibility index (Phi) is 6.17. The normalized spacial score (nSPS) is 35.0. The number of aliphatic hydroxyl groups is 4. The average molecular weight is 306 g/mol. The van der Waals surface area contributed by atoms with Crippen molar-refractivity contribution < 1.29 is 29.9 Å². The van der Waals surface area contributed by atoms with Crippen LogP contribution in [-0.4, -0.2) is 64.3 Å². The molecule has 4 N–H and O–H groups in total. The molecule has 0 aromatic carbocycles. The highest BCUT2D eigenvalue weighted by atomic mass is 16.7. The van der Waals surface area contributed by atoms with Crippen molar-refractivity contribution in [1.29, 1.82) is 0 Å². The Morgan fingerprint density at radius 2 is 1.52 bits per heavy atom. The molecule has 0 aromatic heterocycles. The monoisotopic (exact) mass is 306 g/mol. The lowest BCUT2D eigenvalue weighted by Crippen LogP contribution is -2.59. The lowest BCUT2D eigenvalue weighted by atomic mass is 9.77. The molecular weight excluding hydrogens is 276 g/mol. The van der Waals surface area contributed by atoms with Gasteiger partial charge in [-0.15, -0.1) is 0 Å². The first-order valence-corrected chi connectivity index (χ1v) is 7.39. The smallest absolute Gasteiger partial charge is 0.186 e. The highest BCUT2D eigenvalue weighted by Gasteiger charge is 2.44. The summed E-state index contributed by atoms with van der Waals surface area (Å²) in [6, 6.07) is 0. The summed E-state index contributed by atoms with van der Waals surface area (Å²) in [6.07, 6.45) is -5.16. The van der Waals surface area contributed by atoms with Gasteiger partial charge in [-0.25, -0.2) is 0 Å². The molecule has 126 valence electrons. The minimum atomic E-state index is -1.40. The number of rotatable bonds is 5. The molecule has 0 saturated carbocycles. The molecule has 6 nitrogen and oxygen atoms in total. The SMILES string of the molecule is CC(C)(C)CC(C)(C)COC1OC(CO)C(O)C(O)C1O. The van der Waals surface area contributed by atoms with E-state index in [-0.39, 0.29) is 10.8 Å². The first kappa shape index (κ1) is 18.8. The quantitative estimate of drug-likeness (QED) is 0.582. The second-order valence-corrected chi connectivity index (χ2v) is 7.91. The van der Waals surface area contributed by atoms with Crippen LogP contribution in [0.3, 0.4) is 0 Å². The van der Waals surface area contributed by atoms with Crippen molar-refractivity contribution in [1.82, 2.24) is 0 Å². The van der Waals surface area contributed by atoms with Gasteiger partial charge in [-0.2, -0.15) is 0 Å². The van der Waals surface area contributed by atoms with Crippen molar-refractivity contribution in [3.63, 3.8) is 0 Å². The van der Waals surface area contributed by atoms with Gasteiger partial charge in [-0.05, 0) is 17.3 Å². The predicted octanol–water partition coefficient (Wildman–Crippen LogP) is 0.265. The van der Waals surface area contributed by atoms with E-state index < -0.39 is 37.3 Å². The molecule has 1 rings (SSSR count). The Morgan fingerprint density at radius 3 is 2.00 bits per heavy atom. The molecule has 1 saturated heterocycles. The molecule has 1 aliphatic heterocycles. The van der Waals surface area contributed by atoms with Crippen LogP contribution in [0.15, 0.2) is 0 Å². The maximum atomic E-state index is 9.91. The second-order valence-electron chi connectivity index (χ2n) is 7.91. The summed E-state index contributed by atoms with van der Waals surface area (Å²) < 4.78 is 10.9. The van der Waals surface area contributed by atoms with E-state index in [1.807, 2.05) is 0 Å². The van der Waals surface area contributed by atoms with Crippen LogP contribution in [0.25, 0.3) is 0 Å². The summed E-state index contributed by atoms with van der Waals surface area (Å²) in [5.41, 5.74) is 0.0132. The van der Waals surface area contributed by atoms with E-state index >= 15 is 0 Å². The van der Waals surface area contributed by atoms with E-state index in [0.717, 1.165) is 6.42 Å². The molecule has 1 heterocycles. The number of hydrogen-bond acceptors (Lipinski definition) is 6. The molecule has 0 amide bonds. The van der Waals surface area contributed by atoms with Gasteiger partial charge >= 0.3 is 0 Å². The maximum absolute atomic E-state index is 9.91. The summed E-state index contributed by atoms with van der Waals surface area (Å²) >= 11 is 0. The zero-order valence-corrected chi connectivity index (χ0v) is 13.6. The highest BCUT2D eigenvalue weighted by molar-refractivity contribution is 4.89. The van der Waals surface area contributed by atoms with Gasteiger partial charge in [0.05, 0.1) is 13.2 Å². The molecule has 1 fully saturated rings. The molecular formula is C15H30O6. The summed E-state index contributed by atoms with van der Waals surface area (Å²) in [5.74, 6) is 0. The Morgan fingerprint density at radius 1 is 0.952 bits per heavy atom. The zero-order valence-electron chi connectivity index (χ0n) is 13.6. The Bertz CT molecular complexity index is 323. The van der Waals surface area contributed by atoms with E-state index in [2.05, 4.69) is 34.6 Å². The molecule has 5 atom stereocenters. The molecule has 1 aliphatic rings. The van der Waals surface area contributed by atoms with Crippen LogP contribution in [-0.2, 0) is 9.47 Å². The van der Waals surface area contributed by atoms with E-state index in [4.69, 9.17) is 14.6 Å². The van der Waals surface area contributed by atoms with Crippen molar-refractivity contribution >= 4 is 0 Å². The Labute approximate surface area is 126 Å². The van der Waals surface area contributed by atoms with Gasteiger partial charge < -0.3 is 29.9 Å². The van der Waals surface area contributed by atoms with Crippen LogP contribution in [0.2, 0.25) is 0 Å². The third-order valence-corrected chi connectivity index (χ3v) is 3.50. The molecule has 0 aliphatic carbocycles. The zero-order chi connectivity index (χ0) is 16.4. The Balaban J connectivity index is 2.61. The fourth-order valence-electron chi connectivity index (χ4n) is 3.00. The number of aliphatic hydroxyl groups excluding tert-OH is 4. The van der Waals surface area contributed by atoms with Crippen LogP contribution in [0.1, 0.15) is 41.0 Å². The standard InChI is InChI=1S/C15H30O6/c1-14(2,3)7-15(4,5)8-20-13-12(19)11(18)10(17)9(6-16)21-13/h9-13,16-19H,6-8H2,1-5H3. The van der Waals surface area contributed by atoms with Crippen LogP contribution >= 0.6 is 0 Å². The predicted molar refractivity (Wildman–Crippen MR) is 77.6 cm³/mol. The molecule has 0 spiro atoms. The average Bonchev–Trinajstić information content (AvgIpc) is 2.32. The molecule has 0 radical (unpaired) electrons. The first-order chi connectivity index (χ1) is 9.47. The molecule has 6 heteroatoms. The lowest BCUT2D eigenvalue weighted by molar-refractivity contribution is -0.305. The van der Waals surface area contributed by atoms with Crippen molar-refractivity contribution in [3.8, 4) is 0 Å². The van der Waals surface area contributed by atoms with Gasteiger partial charge in [0, 0.05) is 0 Å². The summed E-state index contributed by atoms with van der Waals surface area (Å²) in [5, 5.41) is 38.5. The van der Waals surface area contributed by atoms with Gasteiger partial charge in [-0.1, -0.05) is 34.6 Å². The van der Waals surface area contributed by atoms with E-state index in [0.29, 0.717) is 6.61 Å². The van der Waals surface area contributed by atoms with Crippen LogP contribution in [0, 0.1) is 10.8 Å². The van der Waals surface area contributed by atoms with Crippen LogP contribution in [0.4, 0.5) is 0 Å². The topological polar surface area (TPSA) is 99.4 Å².